The van der Waals surface area contributed by atoms with E-state index in [2.05, 4.69) is 206 Å². The third-order valence-electron chi connectivity index (χ3n) is 11.4. The zero-order valence-corrected chi connectivity index (χ0v) is 29.6. The van der Waals surface area contributed by atoms with Gasteiger partial charge in [0.25, 0.3) is 0 Å². The van der Waals surface area contributed by atoms with Crippen molar-refractivity contribution in [2.75, 3.05) is 0 Å². The molecule has 0 saturated heterocycles. The van der Waals surface area contributed by atoms with Crippen LogP contribution < -0.4 is 0 Å². The topological polar surface area (TPSA) is 0 Å². The first kappa shape index (κ1) is 30.6. The Balaban J connectivity index is 1.03. The summed E-state index contributed by atoms with van der Waals surface area (Å²) in [5, 5.41) is 15.2. The van der Waals surface area contributed by atoms with Gasteiger partial charge in [-0.1, -0.05) is 176 Å². The van der Waals surface area contributed by atoms with Crippen molar-refractivity contribution in [3.05, 3.63) is 206 Å². The van der Waals surface area contributed by atoms with E-state index in [9.17, 15) is 0 Å². The molecule has 0 amide bonds. The second-order valence-electron chi connectivity index (χ2n) is 14.5. The standard InChI is InChI=1S/C54H34/c1-2-12-37-30-39(22-20-35(37)10-1)38-13-9-14-45(33-38)53-49-16-5-7-18-51(49)54(52-19-8-6-17-50(52)53)46-27-25-41-31-40(23-24-42(41)34-46)43-28-29-48-44(32-43)26-21-36-11-3-4-15-47(36)48/h1-34H. The van der Waals surface area contributed by atoms with Crippen molar-refractivity contribution < 1.29 is 0 Å². The summed E-state index contributed by atoms with van der Waals surface area (Å²) in [6.07, 6.45) is 0. The maximum Gasteiger partial charge on any atom is -0.00262 e. The molecule has 11 aromatic rings. The van der Waals surface area contributed by atoms with Gasteiger partial charge < -0.3 is 0 Å². The number of fused-ring (bicyclic) bond motifs is 7. The number of hydrogen-bond donors (Lipinski definition) is 0. The maximum absolute atomic E-state index is 2.37. The fourth-order valence-electron chi connectivity index (χ4n) is 8.75. The Kier molecular flexibility index (Phi) is 6.97. The molecule has 0 aliphatic rings. The highest BCUT2D eigenvalue weighted by Crippen LogP contribution is 2.45. The molecule has 0 N–H and O–H groups in total. The Bertz CT molecular complexity index is 3220. The highest BCUT2D eigenvalue weighted by Gasteiger charge is 2.17. The van der Waals surface area contributed by atoms with Gasteiger partial charge in [-0.2, -0.15) is 0 Å². The molecule has 0 aliphatic heterocycles. The first-order valence-corrected chi connectivity index (χ1v) is 18.7. The van der Waals surface area contributed by atoms with Gasteiger partial charge in [-0.05, 0) is 139 Å². The van der Waals surface area contributed by atoms with E-state index in [0.29, 0.717) is 0 Å². The highest BCUT2D eigenvalue weighted by atomic mass is 14.2. The minimum Gasteiger partial charge on any atom is -0.0616 e. The molecular formula is C54H34. The molecule has 0 spiro atoms. The zero-order chi connectivity index (χ0) is 35.6. The van der Waals surface area contributed by atoms with Crippen molar-refractivity contribution in [2.24, 2.45) is 0 Å². The van der Waals surface area contributed by atoms with Gasteiger partial charge in [0.1, 0.15) is 0 Å². The van der Waals surface area contributed by atoms with Gasteiger partial charge >= 0.3 is 0 Å². The van der Waals surface area contributed by atoms with Crippen molar-refractivity contribution in [2.45, 2.75) is 0 Å². The Morgan fingerprint density at radius 3 is 1.17 bits per heavy atom. The smallest absolute Gasteiger partial charge is 0.00262 e. The molecule has 0 saturated carbocycles. The summed E-state index contributed by atoms with van der Waals surface area (Å²) in [5.41, 5.74) is 9.95. The second kappa shape index (κ2) is 12.3. The molecule has 0 atom stereocenters. The fraction of sp³-hybridized carbons (Fsp3) is 0. The lowest BCUT2D eigenvalue weighted by atomic mass is 9.85. The molecule has 0 aromatic heterocycles. The van der Waals surface area contributed by atoms with Crippen LogP contribution in [0.3, 0.4) is 0 Å². The third kappa shape index (κ3) is 4.99. The SMILES string of the molecule is c1cc(-c2ccc3ccccc3c2)cc(-c2c3ccccc3c(-c3ccc4cc(-c5ccc6c(ccc7ccccc76)c5)ccc4c3)c3ccccc23)c1. The van der Waals surface area contributed by atoms with Crippen LogP contribution in [-0.4, -0.2) is 0 Å². The number of rotatable bonds is 4. The van der Waals surface area contributed by atoms with E-state index in [1.807, 2.05) is 0 Å². The van der Waals surface area contributed by atoms with E-state index in [4.69, 9.17) is 0 Å². The Morgan fingerprint density at radius 1 is 0.167 bits per heavy atom. The van der Waals surface area contributed by atoms with E-state index in [1.165, 1.54) is 109 Å². The lowest BCUT2D eigenvalue weighted by molar-refractivity contribution is 1.63. The van der Waals surface area contributed by atoms with Gasteiger partial charge in [0.2, 0.25) is 0 Å². The molecule has 0 heterocycles. The van der Waals surface area contributed by atoms with Crippen molar-refractivity contribution in [3.8, 4) is 44.5 Å². The first-order valence-electron chi connectivity index (χ1n) is 18.7. The molecular weight excluding hydrogens is 649 g/mol. The van der Waals surface area contributed by atoms with E-state index in [0.717, 1.165) is 0 Å². The molecule has 0 unspecified atom stereocenters. The lowest BCUT2D eigenvalue weighted by Crippen LogP contribution is -1.91. The van der Waals surface area contributed by atoms with Gasteiger partial charge in [-0.3, -0.25) is 0 Å². The van der Waals surface area contributed by atoms with Crippen LogP contribution in [0.5, 0.6) is 0 Å². The van der Waals surface area contributed by atoms with Gasteiger partial charge in [-0.15, -0.1) is 0 Å². The molecule has 11 aromatic carbocycles. The van der Waals surface area contributed by atoms with E-state index in [1.54, 1.807) is 0 Å². The van der Waals surface area contributed by atoms with Gasteiger partial charge in [0, 0.05) is 0 Å². The summed E-state index contributed by atoms with van der Waals surface area (Å²) >= 11 is 0. The molecule has 0 fully saturated rings. The summed E-state index contributed by atoms with van der Waals surface area (Å²) in [4.78, 5) is 0. The zero-order valence-electron chi connectivity index (χ0n) is 29.6. The average molecular weight is 683 g/mol. The first-order chi connectivity index (χ1) is 26.7. The Morgan fingerprint density at radius 2 is 0.519 bits per heavy atom. The van der Waals surface area contributed by atoms with Crippen LogP contribution >= 0.6 is 0 Å². The molecule has 11 rings (SSSR count). The summed E-state index contributed by atoms with van der Waals surface area (Å²) < 4.78 is 0. The van der Waals surface area contributed by atoms with Crippen molar-refractivity contribution >= 4 is 64.6 Å². The molecule has 0 bridgehead atoms. The van der Waals surface area contributed by atoms with Crippen LogP contribution in [0.2, 0.25) is 0 Å². The summed E-state index contributed by atoms with van der Waals surface area (Å²) in [7, 11) is 0. The molecule has 0 heteroatoms. The van der Waals surface area contributed by atoms with E-state index >= 15 is 0 Å². The van der Waals surface area contributed by atoms with Gasteiger partial charge in [0.05, 0.1) is 0 Å². The van der Waals surface area contributed by atoms with Crippen LogP contribution in [0.4, 0.5) is 0 Å². The minimum atomic E-state index is 1.22. The highest BCUT2D eigenvalue weighted by molar-refractivity contribution is 6.22. The van der Waals surface area contributed by atoms with E-state index < -0.39 is 0 Å². The van der Waals surface area contributed by atoms with E-state index in [-0.39, 0.29) is 0 Å². The Hall–Kier alpha value is -7.02. The van der Waals surface area contributed by atoms with Crippen LogP contribution in [0.25, 0.3) is 109 Å². The number of benzene rings is 11. The molecule has 54 heavy (non-hydrogen) atoms. The van der Waals surface area contributed by atoms with Gasteiger partial charge in [-0.25, -0.2) is 0 Å². The van der Waals surface area contributed by atoms with Crippen LogP contribution in [0.15, 0.2) is 206 Å². The molecule has 0 radical (unpaired) electrons. The normalized spacial score (nSPS) is 11.7. The average Bonchev–Trinajstić information content (AvgIpc) is 3.24. The molecule has 0 nitrogen and oxygen atoms in total. The predicted octanol–water partition coefficient (Wildman–Crippen LogP) is 15.3. The maximum atomic E-state index is 2.37. The second-order valence-corrected chi connectivity index (χ2v) is 14.5. The largest absolute Gasteiger partial charge is 0.0616 e. The van der Waals surface area contributed by atoms with Crippen molar-refractivity contribution in [1.29, 1.82) is 0 Å². The minimum absolute atomic E-state index is 1.22. The van der Waals surface area contributed by atoms with Crippen molar-refractivity contribution in [1.82, 2.24) is 0 Å². The molecule has 0 aliphatic carbocycles. The summed E-state index contributed by atoms with van der Waals surface area (Å²) in [6.45, 7) is 0. The van der Waals surface area contributed by atoms with Crippen LogP contribution in [0.1, 0.15) is 0 Å². The summed E-state index contributed by atoms with van der Waals surface area (Å²) in [5.74, 6) is 0. The monoisotopic (exact) mass is 682 g/mol. The Labute approximate surface area is 314 Å². The predicted molar refractivity (Wildman–Crippen MR) is 233 cm³/mol. The third-order valence-corrected chi connectivity index (χ3v) is 11.4. The molecule has 250 valence electrons. The van der Waals surface area contributed by atoms with Crippen molar-refractivity contribution in [3.63, 3.8) is 0 Å². The van der Waals surface area contributed by atoms with Crippen LogP contribution in [-0.2, 0) is 0 Å². The van der Waals surface area contributed by atoms with Gasteiger partial charge in [0.15, 0.2) is 0 Å². The number of hydrogen-bond acceptors (Lipinski definition) is 0. The fourth-order valence-corrected chi connectivity index (χ4v) is 8.75. The van der Waals surface area contributed by atoms with Crippen LogP contribution in [0, 0.1) is 0 Å². The summed E-state index contributed by atoms with van der Waals surface area (Å²) in [6, 6.07) is 76.2. The quantitative estimate of drug-likeness (QED) is 0.128. The lowest BCUT2D eigenvalue weighted by Gasteiger charge is -2.18.